The van der Waals surface area contributed by atoms with E-state index in [-0.39, 0.29) is 23.8 Å². The number of carbonyl (C=O) groups excluding carboxylic acids is 2. The van der Waals surface area contributed by atoms with Gasteiger partial charge >= 0.3 is 5.97 Å². The summed E-state index contributed by atoms with van der Waals surface area (Å²) in [5, 5.41) is 2.73. The van der Waals surface area contributed by atoms with E-state index < -0.39 is 5.97 Å². The SMILES string of the molecule is COC(=O)c1ccc(OC)cc1OCC(=O)NCC(C)C. The van der Waals surface area contributed by atoms with Gasteiger partial charge in [0.15, 0.2) is 6.61 Å². The number of hydrogen-bond acceptors (Lipinski definition) is 5. The van der Waals surface area contributed by atoms with E-state index in [4.69, 9.17) is 9.47 Å². The summed E-state index contributed by atoms with van der Waals surface area (Å²) in [5.41, 5.74) is 0.245. The number of rotatable bonds is 7. The standard InChI is InChI=1S/C15H21NO5/c1-10(2)8-16-14(17)9-21-13-7-11(19-3)5-6-12(13)15(18)20-4/h5-7,10H,8-9H2,1-4H3,(H,16,17). The Balaban J connectivity index is 2.75. The van der Waals surface area contributed by atoms with Gasteiger partial charge in [-0.15, -0.1) is 0 Å². The summed E-state index contributed by atoms with van der Waals surface area (Å²) < 4.78 is 15.2. The fourth-order valence-corrected chi connectivity index (χ4v) is 1.54. The lowest BCUT2D eigenvalue weighted by molar-refractivity contribution is -0.123. The molecule has 0 aliphatic heterocycles. The molecule has 0 aliphatic rings. The number of hydrogen-bond donors (Lipinski definition) is 1. The molecule has 0 spiro atoms. The molecule has 1 aromatic rings. The first kappa shape index (κ1) is 16.8. The zero-order valence-electron chi connectivity index (χ0n) is 12.8. The van der Waals surface area contributed by atoms with Gasteiger partial charge in [0.1, 0.15) is 17.1 Å². The highest BCUT2D eigenvalue weighted by molar-refractivity contribution is 5.92. The van der Waals surface area contributed by atoms with Gasteiger partial charge in [0.25, 0.3) is 5.91 Å². The van der Waals surface area contributed by atoms with Gasteiger partial charge in [-0.1, -0.05) is 13.8 Å². The number of ether oxygens (including phenoxy) is 3. The zero-order chi connectivity index (χ0) is 15.8. The monoisotopic (exact) mass is 295 g/mol. The first-order valence-electron chi connectivity index (χ1n) is 6.63. The molecule has 1 N–H and O–H groups in total. The van der Waals surface area contributed by atoms with E-state index in [1.165, 1.54) is 20.3 Å². The van der Waals surface area contributed by atoms with E-state index >= 15 is 0 Å². The number of methoxy groups -OCH3 is 2. The second-order valence-corrected chi connectivity index (χ2v) is 4.84. The quantitative estimate of drug-likeness (QED) is 0.774. The predicted molar refractivity (Wildman–Crippen MR) is 77.7 cm³/mol. The lowest BCUT2D eigenvalue weighted by Crippen LogP contribution is -2.31. The molecule has 0 unspecified atom stereocenters. The van der Waals surface area contributed by atoms with Gasteiger partial charge in [0, 0.05) is 12.6 Å². The van der Waals surface area contributed by atoms with Crippen LogP contribution in [-0.4, -0.2) is 39.2 Å². The first-order valence-corrected chi connectivity index (χ1v) is 6.63. The van der Waals surface area contributed by atoms with E-state index in [0.29, 0.717) is 18.2 Å². The number of benzene rings is 1. The molecule has 6 nitrogen and oxygen atoms in total. The van der Waals surface area contributed by atoms with Gasteiger partial charge < -0.3 is 19.5 Å². The lowest BCUT2D eigenvalue weighted by atomic mass is 10.2. The molecule has 0 radical (unpaired) electrons. The number of esters is 1. The minimum absolute atomic E-state index is 0.177. The van der Waals surface area contributed by atoms with Crippen LogP contribution in [0.15, 0.2) is 18.2 Å². The smallest absolute Gasteiger partial charge is 0.341 e. The van der Waals surface area contributed by atoms with Crippen molar-refractivity contribution in [3.05, 3.63) is 23.8 Å². The van der Waals surface area contributed by atoms with Crippen molar-refractivity contribution in [2.24, 2.45) is 5.92 Å². The van der Waals surface area contributed by atoms with Crippen LogP contribution >= 0.6 is 0 Å². The summed E-state index contributed by atoms with van der Waals surface area (Å²) in [6, 6.07) is 4.70. The summed E-state index contributed by atoms with van der Waals surface area (Å²) in [4.78, 5) is 23.3. The van der Waals surface area contributed by atoms with E-state index in [2.05, 4.69) is 10.1 Å². The Bertz CT molecular complexity index is 499. The van der Waals surface area contributed by atoms with Gasteiger partial charge in [-0.25, -0.2) is 4.79 Å². The van der Waals surface area contributed by atoms with Gasteiger partial charge in [0.2, 0.25) is 0 Å². The van der Waals surface area contributed by atoms with E-state index in [0.717, 1.165) is 0 Å². The normalized spacial score (nSPS) is 10.1. The van der Waals surface area contributed by atoms with Crippen molar-refractivity contribution >= 4 is 11.9 Å². The summed E-state index contributed by atoms with van der Waals surface area (Å²) >= 11 is 0. The number of amides is 1. The second-order valence-electron chi connectivity index (χ2n) is 4.84. The molecule has 21 heavy (non-hydrogen) atoms. The fourth-order valence-electron chi connectivity index (χ4n) is 1.54. The maximum atomic E-state index is 11.6. The largest absolute Gasteiger partial charge is 0.497 e. The van der Waals surface area contributed by atoms with Crippen LogP contribution in [0.1, 0.15) is 24.2 Å². The maximum absolute atomic E-state index is 11.6. The molecule has 0 heterocycles. The molecule has 0 bridgehead atoms. The van der Waals surface area contributed by atoms with Crippen LogP contribution in [0.2, 0.25) is 0 Å². The average molecular weight is 295 g/mol. The molecule has 0 aromatic heterocycles. The average Bonchev–Trinajstić information content (AvgIpc) is 2.49. The predicted octanol–water partition coefficient (Wildman–Crippen LogP) is 1.63. The van der Waals surface area contributed by atoms with E-state index in [9.17, 15) is 9.59 Å². The number of nitrogens with one attached hydrogen (secondary N) is 1. The molecule has 1 rings (SSSR count). The minimum atomic E-state index is -0.532. The molecule has 0 aliphatic carbocycles. The van der Waals surface area contributed by atoms with Crippen molar-refractivity contribution in [3.63, 3.8) is 0 Å². The van der Waals surface area contributed by atoms with Gasteiger partial charge in [0.05, 0.1) is 14.2 Å². The molecule has 0 atom stereocenters. The van der Waals surface area contributed by atoms with E-state index in [1.54, 1.807) is 12.1 Å². The van der Waals surface area contributed by atoms with Crippen LogP contribution in [0.5, 0.6) is 11.5 Å². The Morgan fingerprint density at radius 1 is 1.24 bits per heavy atom. The van der Waals surface area contributed by atoms with Crippen LogP contribution in [0.4, 0.5) is 0 Å². The number of carbonyl (C=O) groups is 2. The Morgan fingerprint density at radius 2 is 1.95 bits per heavy atom. The summed E-state index contributed by atoms with van der Waals surface area (Å²) in [5.74, 6) is 0.357. The molecular formula is C15H21NO5. The van der Waals surface area contributed by atoms with Crippen molar-refractivity contribution in [2.75, 3.05) is 27.4 Å². The highest BCUT2D eigenvalue weighted by Gasteiger charge is 2.15. The topological polar surface area (TPSA) is 73.9 Å². The van der Waals surface area contributed by atoms with Crippen LogP contribution in [0.25, 0.3) is 0 Å². The second kappa shape index (κ2) is 8.14. The van der Waals surface area contributed by atoms with E-state index in [1.807, 2.05) is 13.8 Å². The van der Waals surface area contributed by atoms with Gasteiger partial charge in [-0.3, -0.25) is 4.79 Å². The van der Waals surface area contributed by atoms with Gasteiger partial charge in [-0.2, -0.15) is 0 Å². The molecule has 0 fully saturated rings. The molecule has 6 heteroatoms. The van der Waals surface area contributed by atoms with Gasteiger partial charge in [-0.05, 0) is 18.1 Å². The van der Waals surface area contributed by atoms with Crippen molar-refractivity contribution in [1.82, 2.24) is 5.32 Å². The molecular weight excluding hydrogens is 274 g/mol. The molecule has 1 amide bonds. The zero-order valence-corrected chi connectivity index (χ0v) is 12.8. The summed E-state index contributed by atoms with van der Waals surface area (Å²) in [6.07, 6.45) is 0. The Morgan fingerprint density at radius 3 is 2.52 bits per heavy atom. The van der Waals surface area contributed by atoms with Crippen molar-refractivity contribution in [1.29, 1.82) is 0 Å². The van der Waals surface area contributed by atoms with Crippen LogP contribution < -0.4 is 14.8 Å². The Labute approximate surface area is 124 Å². The Kier molecular flexibility index (Phi) is 6.52. The third kappa shape index (κ3) is 5.33. The highest BCUT2D eigenvalue weighted by Crippen LogP contribution is 2.25. The third-order valence-electron chi connectivity index (χ3n) is 2.66. The van der Waals surface area contributed by atoms with Crippen LogP contribution in [0, 0.1) is 5.92 Å². The van der Waals surface area contributed by atoms with Crippen molar-refractivity contribution in [3.8, 4) is 11.5 Å². The summed E-state index contributed by atoms with van der Waals surface area (Å²) in [6.45, 7) is 4.39. The molecule has 116 valence electrons. The summed E-state index contributed by atoms with van der Waals surface area (Å²) in [7, 11) is 2.79. The molecule has 1 aromatic carbocycles. The van der Waals surface area contributed by atoms with Crippen molar-refractivity contribution in [2.45, 2.75) is 13.8 Å². The molecule has 0 saturated carbocycles. The first-order chi connectivity index (χ1) is 9.97. The maximum Gasteiger partial charge on any atom is 0.341 e. The Hall–Kier alpha value is -2.24. The van der Waals surface area contributed by atoms with Crippen LogP contribution in [-0.2, 0) is 9.53 Å². The highest BCUT2D eigenvalue weighted by atomic mass is 16.5. The lowest BCUT2D eigenvalue weighted by Gasteiger charge is -2.12. The van der Waals surface area contributed by atoms with Crippen molar-refractivity contribution < 1.29 is 23.8 Å². The fraction of sp³-hybridized carbons (Fsp3) is 0.467. The minimum Gasteiger partial charge on any atom is -0.497 e. The molecule has 0 saturated heterocycles. The van der Waals surface area contributed by atoms with Crippen LogP contribution in [0.3, 0.4) is 0 Å². The third-order valence-corrected chi connectivity index (χ3v) is 2.66.